The molecule has 0 aromatic heterocycles. The number of nitrogens with one attached hydrogen (secondary N) is 1. The van der Waals surface area contributed by atoms with Gasteiger partial charge in [0.05, 0.1) is 12.9 Å². The van der Waals surface area contributed by atoms with Crippen LogP contribution in [-0.4, -0.2) is 18.8 Å². The summed E-state index contributed by atoms with van der Waals surface area (Å²) in [5.41, 5.74) is 7.62. The summed E-state index contributed by atoms with van der Waals surface area (Å²) < 4.78 is 5.15. The number of anilines is 1. The molecule has 2 aromatic carbocycles. The summed E-state index contributed by atoms with van der Waals surface area (Å²) in [6.45, 7) is 0.536. The average Bonchev–Trinajstić information content (AvgIpc) is 2.53. The van der Waals surface area contributed by atoms with Gasteiger partial charge in [0.1, 0.15) is 5.75 Å². The van der Waals surface area contributed by atoms with Crippen molar-refractivity contribution in [3.63, 3.8) is 0 Å². The zero-order valence-corrected chi connectivity index (χ0v) is 12.7. The number of hydrogen-bond acceptors (Lipinski definition) is 4. The van der Waals surface area contributed by atoms with Crippen LogP contribution in [0.3, 0.4) is 0 Å². The topological polar surface area (TPSA) is 64.3 Å². The van der Waals surface area contributed by atoms with Gasteiger partial charge in [-0.3, -0.25) is 4.79 Å². The molecule has 0 saturated heterocycles. The summed E-state index contributed by atoms with van der Waals surface area (Å²) in [7, 11) is 1.60. The van der Waals surface area contributed by atoms with E-state index in [-0.39, 0.29) is 5.91 Å². The smallest absolute Gasteiger partial charge is 0.230 e. The Kier molecular flexibility index (Phi) is 5.51. The lowest BCUT2D eigenvalue weighted by Crippen LogP contribution is -2.24. The SMILES string of the molecule is COc1ccc(N)c(SCC(=O)NCc2ccccc2)c1. The Bertz CT molecular complexity index is 602. The number of carbonyl (C=O) groups excluding carboxylic acids is 1. The average molecular weight is 302 g/mol. The van der Waals surface area contributed by atoms with Crippen LogP contribution in [0.4, 0.5) is 5.69 Å². The third kappa shape index (κ3) is 4.72. The zero-order valence-electron chi connectivity index (χ0n) is 11.8. The highest BCUT2D eigenvalue weighted by Crippen LogP contribution is 2.28. The van der Waals surface area contributed by atoms with Gasteiger partial charge in [-0.25, -0.2) is 0 Å². The van der Waals surface area contributed by atoms with Gasteiger partial charge in [0, 0.05) is 17.1 Å². The second-order valence-corrected chi connectivity index (χ2v) is 5.47. The lowest BCUT2D eigenvalue weighted by molar-refractivity contribution is -0.118. The third-order valence-electron chi connectivity index (χ3n) is 2.91. The van der Waals surface area contributed by atoms with Gasteiger partial charge in [0.15, 0.2) is 0 Å². The molecule has 3 N–H and O–H groups in total. The molecule has 0 fully saturated rings. The second-order valence-electron chi connectivity index (χ2n) is 4.45. The molecule has 0 aliphatic rings. The van der Waals surface area contributed by atoms with Gasteiger partial charge in [-0.2, -0.15) is 0 Å². The van der Waals surface area contributed by atoms with Crippen LogP contribution in [0.25, 0.3) is 0 Å². The number of thioether (sulfide) groups is 1. The van der Waals surface area contributed by atoms with Crippen LogP contribution < -0.4 is 15.8 Å². The Balaban J connectivity index is 1.84. The van der Waals surface area contributed by atoms with Crippen molar-refractivity contribution < 1.29 is 9.53 Å². The minimum atomic E-state index is -0.0222. The zero-order chi connectivity index (χ0) is 15.1. The predicted octanol–water partition coefficient (Wildman–Crippen LogP) is 2.69. The quantitative estimate of drug-likeness (QED) is 0.636. The van der Waals surface area contributed by atoms with Gasteiger partial charge >= 0.3 is 0 Å². The molecular formula is C16H18N2O2S. The van der Waals surface area contributed by atoms with E-state index < -0.39 is 0 Å². The Labute approximate surface area is 128 Å². The van der Waals surface area contributed by atoms with Crippen LogP contribution in [0.15, 0.2) is 53.4 Å². The molecule has 0 bridgehead atoms. The molecule has 0 heterocycles. The molecule has 4 nitrogen and oxygen atoms in total. The van der Waals surface area contributed by atoms with Gasteiger partial charge in [-0.05, 0) is 23.8 Å². The summed E-state index contributed by atoms with van der Waals surface area (Å²) in [5.74, 6) is 1.03. The monoisotopic (exact) mass is 302 g/mol. The van der Waals surface area contributed by atoms with Crippen LogP contribution in [0.2, 0.25) is 0 Å². The highest BCUT2D eigenvalue weighted by Gasteiger charge is 2.06. The molecule has 21 heavy (non-hydrogen) atoms. The number of nitrogen functional groups attached to an aromatic ring is 1. The summed E-state index contributed by atoms with van der Waals surface area (Å²) in [6.07, 6.45) is 0. The maximum absolute atomic E-state index is 11.9. The largest absolute Gasteiger partial charge is 0.497 e. The van der Waals surface area contributed by atoms with Crippen molar-refractivity contribution in [3.8, 4) is 5.75 Å². The number of methoxy groups -OCH3 is 1. The molecule has 110 valence electrons. The van der Waals surface area contributed by atoms with Crippen molar-refractivity contribution >= 4 is 23.4 Å². The summed E-state index contributed by atoms with van der Waals surface area (Å²) in [4.78, 5) is 12.7. The first-order valence-electron chi connectivity index (χ1n) is 6.56. The number of amides is 1. The fourth-order valence-corrected chi connectivity index (χ4v) is 2.58. The summed E-state index contributed by atoms with van der Waals surface area (Å²) in [5, 5.41) is 2.89. The molecule has 1 amide bonds. The summed E-state index contributed by atoms with van der Waals surface area (Å²) in [6, 6.07) is 15.2. The van der Waals surface area contributed by atoms with E-state index in [1.54, 1.807) is 19.2 Å². The Morgan fingerprint density at radius 2 is 2.00 bits per heavy atom. The Morgan fingerprint density at radius 1 is 1.24 bits per heavy atom. The first-order valence-corrected chi connectivity index (χ1v) is 7.54. The van der Waals surface area contributed by atoms with Crippen molar-refractivity contribution in [1.29, 1.82) is 0 Å². The van der Waals surface area contributed by atoms with Crippen LogP contribution >= 0.6 is 11.8 Å². The third-order valence-corrected chi connectivity index (χ3v) is 3.98. The fourth-order valence-electron chi connectivity index (χ4n) is 1.76. The molecule has 0 aliphatic carbocycles. The molecule has 5 heteroatoms. The van der Waals surface area contributed by atoms with Crippen molar-refractivity contribution in [3.05, 3.63) is 54.1 Å². The molecule has 2 rings (SSSR count). The minimum absolute atomic E-state index is 0.0222. The first-order chi connectivity index (χ1) is 10.2. The van der Waals surface area contributed by atoms with Crippen LogP contribution in [0.1, 0.15) is 5.56 Å². The van der Waals surface area contributed by atoms with E-state index in [0.29, 0.717) is 18.0 Å². The first kappa shape index (κ1) is 15.3. The molecular weight excluding hydrogens is 284 g/mol. The van der Waals surface area contributed by atoms with E-state index in [2.05, 4.69) is 5.32 Å². The van der Waals surface area contributed by atoms with E-state index in [4.69, 9.17) is 10.5 Å². The van der Waals surface area contributed by atoms with E-state index in [9.17, 15) is 4.79 Å². The lowest BCUT2D eigenvalue weighted by Gasteiger charge is -2.08. The van der Waals surface area contributed by atoms with Gasteiger partial charge in [0.2, 0.25) is 5.91 Å². The molecule has 0 unspecified atom stereocenters. The van der Waals surface area contributed by atoms with Gasteiger partial charge in [-0.15, -0.1) is 11.8 Å². The standard InChI is InChI=1S/C16H18N2O2S/c1-20-13-7-8-14(17)15(9-13)21-11-16(19)18-10-12-5-3-2-4-6-12/h2-9H,10-11,17H2,1H3,(H,18,19). The maximum atomic E-state index is 11.9. The maximum Gasteiger partial charge on any atom is 0.230 e. The molecule has 0 spiro atoms. The molecule has 2 aromatic rings. The Hall–Kier alpha value is -2.14. The van der Waals surface area contributed by atoms with Crippen molar-refractivity contribution in [2.24, 2.45) is 0 Å². The van der Waals surface area contributed by atoms with Crippen molar-refractivity contribution in [1.82, 2.24) is 5.32 Å². The van der Waals surface area contributed by atoms with E-state index in [0.717, 1.165) is 16.2 Å². The van der Waals surface area contributed by atoms with E-state index in [1.165, 1.54) is 11.8 Å². The number of rotatable bonds is 6. The van der Waals surface area contributed by atoms with Crippen molar-refractivity contribution in [2.45, 2.75) is 11.4 Å². The van der Waals surface area contributed by atoms with Crippen LogP contribution in [0, 0.1) is 0 Å². The number of ether oxygens (including phenoxy) is 1. The Morgan fingerprint density at radius 3 is 2.71 bits per heavy atom. The minimum Gasteiger partial charge on any atom is -0.497 e. The van der Waals surface area contributed by atoms with Gasteiger partial charge in [-0.1, -0.05) is 30.3 Å². The second kappa shape index (κ2) is 7.59. The number of benzene rings is 2. The highest BCUT2D eigenvalue weighted by molar-refractivity contribution is 8.00. The van der Waals surface area contributed by atoms with Gasteiger partial charge in [0.25, 0.3) is 0 Å². The summed E-state index contributed by atoms with van der Waals surface area (Å²) >= 11 is 1.40. The lowest BCUT2D eigenvalue weighted by atomic mass is 10.2. The number of carbonyl (C=O) groups is 1. The number of nitrogens with two attached hydrogens (primary N) is 1. The van der Waals surface area contributed by atoms with Crippen LogP contribution in [-0.2, 0) is 11.3 Å². The number of hydrogen-bond donors (Lipinski definition) is 2. The van der Waals surface area contributed by atoms with Crippen molar-refractivity contribution in [2.75, 3.05) is 18.6 Å². The predicted molar refractivity (Wildman–Crippen MR) is 86.4 cm³/mol. The van der Waals surface area contributed by atoms with E-state index in [1.807, 2.05) is 36.4 Å². The fraction of sp³-hybridized carbons (Fsp3) is 0.188. The highest BCUT2D eigenvalue weighted by atomic mass is 32.2. The van der Waals surface area contributed by atoms with E-state index >= 15 is 0 Å². The van der Waals surface area contributed by atoms with Gasteiger partial charge < -0.3 is 15.8 Å². The molecule has 0 atom stereocenters. The molecule has 0 saturated carbocycles. The molecule has 0 aliphatic heterocycles. The normalized spacial score (nSPS) is 10.1. The molecule has 0 radical (unpaired) electrons. The van der Waals surface area contributed by atoms with Crippen LogP contribution in [0.5, 0.6) is 5.75 Å².